The number of nitrogen functional groups attached to an aromatic ring is 1. The molecule has 0 radical (unpaired) electrons. The highest BCUT2D eigenvalue weighted by Gasteiger charge is 2.15. The number of hydrogen-bond acceptors (Lipinski definition) is 3. The summed E-state index contributed by atoms with van der Waals surface area (Å²) in [6, 6.07) is 5.53. The Labute approximate surface area is 80.5 Å². The van der Waals surface area contributed by atoms with Crippen LogP contribution in [0.2, 0.25) is 0 Å². The van der Waals surface area contributed by atoms with E-state index in [0.29, 0.717) is 11.3 Å². The molecule has 1 aromatic carbocycles. The molecule has 0 atom stereocenters. The number of nitrogens with two attached hydrogens (primary N) is 2. The van der Waals surface area contributed by atoms with E-state index in [1.807, 2.05) is 25.1 Å². The second-order valence-corrected chi connectivity index (χ2v) is 3.21. The lowest BCUT2D eigenvalue weighted by Gasteiger charge is -1.90. The summed E-state index contributed by atoms with van der Waals surface area (Å²) >= 11 is 0. The van der Waals surface area contributed by atoms with Crippen molar-refractivity contribution in [2.24, 2.45) is 5.73 Å². The average molecular weight is 190 g/mol. The van der Waals surface area contributed by atoms with Gasteiger partial charge in [-0.05, 0) is 24.6 Å². The zero-order chi connectivity index (χ0) is 10.3. The SMILES string of the molecule is Cc1ccc2c(N)c(C(N)=O)oc2c1. The van der Waals surface area contributed by atoms with Crippen molar-refractivity contribution in [1.29, 1.82) is 0 Å². The molecule has 14 heavy (non-hydrogen) atoms. The Morgan fingerprint density at radius 1 is 1.43 bits per heavy atom. The first kappa shape index (κ1) is 8.62. The van der Waals surface area contributed by atoms with Gasteiger partial charge in [0.05, 0.1) is 5.69 Å². The minimum atomic E-state index is -0.642. The van der Waals surface area contributed by atoms with E-state index < -0.39 is 5.91 Å². The van der Waals surface area contributed by atoms with Crippen molar-refractivity contribution in [2.75, 3.05) is 5.73 Å². The molecule has 0 fully saturated rings. The lowest BCUT2D eigenvalue weighted by Crippen LogP contribution is -2.11. The fourth-order valence-electron chi connectivity index (χ4n) is 1.41. The number of furan rings is 1. The zero-order valence-corrected chi connectivity index (χ0v) is 7.70. The standard InChI is InChI=1S/C10H10N2O2/c1-5-2-3-6-7(4-5)14-9(8(6)11)10(12)13/h2-4H,11H2,1H3,(H2,12,13). The van der Waals surface area contributed by atoms with Crippen LogP contribution in [0.5, 0.6) is 0 Å². The monoisotopic (exact) mass is 190 g/mol. The molecular weight excluding hydrogens is 180 g/mol. The van der Waals surface area contributed by atoms with Crippen LogP contribution in [-0.4, -0.2) is 5.91 Å². The summed E-state index contributed by atoms with van der Waals surface area (Å²) in [6.07, 6.45) is 0. The highest BCUT2D eigenvalue weighted by atomic mass is 16.3. The summed E-state index contributed by atoms with van der Waals surface area (Å²) in [7, 11) is 0. The number of primary amides is 1. The fraction of sp³-hybridized carbons (Fsp3) is 0.100. The molecule has 0 unspecified atom stereocenters. The second kappa shape index (κ2) is 2.77. The average Bonchev–Trinajstić information content (AvgIpc) is 2.43. The Balaban J connectivity index is 2.79. The smallest absolute Gasteiger partial charge is 0.286 e. The summed E-state index contributed by atoms with van der Waals surface area (Å²) in [5.41, 5.74) is 12.7. The van der Waals surface area contributed by atoms with Gasteiger partial charge >= 0.3 is 0 Å². The molecule has 0 bridgehead atoms. The van der Waals surface area contributed by atoms with Crippen LogP contribution in [0.1, 0.15) is 16.1 Å². The molecule has 4 nitrogen and oxygen atoms in total. The van der Waals surface area contributed by atoms with Crippen molar-refractivity contribution in [3.8, 4) is 0 Å². The van der Waals surface area contributed by atoms with Crippen LogP contribution in [0.25, 0.3) is 11.0 Å². The second-order valence-electron chi connectivity index (χ2n) is 3.21. The van der Waals surface area contributed by atoms with Crippen LogP contribution in [0.15, 0.2) is 22.6 Å². The summed E-state index contributed by atoms with van der Waals surface area (Å²) in [6.45, 7) is 1.93. The van der Waals surface area contributed by atoms with E-state index in [1.165, 1.54) is 0 Å². The number of rotatable bonds is 1. The molecule has 4 N–H and O–H groups in total. The van der Waals surface area contributed by atoms with E-state index >= 15 is 0 Å². The highest BCUT2D eigenvalue weighted by Crippen LogP contribution is 2.28. The third kappa shape index (κ3) is 1.12. The molecule has 0 spiro atoms. The van der Waals surface area contributed by atoms with E-state index in [4.69, 9.17) is 15.9 Å². The number of anilines is 1. The van der Waals surface area contributed by atoms with Gasteiger partial charge in [0, 0.05) is 5.39 Å². The lowest BCUT2D eigenvalue weighted by molar-refractivity contribution is 0.0977. The van der Waals surface area contributed by atoms with Crippen LogP contribution in [-0.2, 0) is 0 Å². The Bertz CT molecular complexity index is 514. The molecule has 0 aliphatic heterocycles. The van der Waals surface area contributed by atoms with Crippen molar-refractivity contribution >= 4 is 22.6 Å². The van der Waals surface area contributed by atoms with Crippen molar-refractivity contribution in [3.63, 3.8) is 0 Å². The number of carbonyl (C=O) groups is 1. The number of hydrogen-bond donors (Lipinski definition) is 2. The maximum Gasteiger partial charge on any atom is 0.286 e. The van der Waals surface area contributed by atoms with Crippen molar-refractivity contribution in [3.05, 3.63) is 29.5 Å². The third-order valence-electron chi connectivity index (χ3n) is 2.11. The first-order valence-corrected chi connectivity index (χ1v) is 4.18. The summed E-state index contributed by atoms with van der Waals surface area (Å²) < 4.78 is 5.24. The molecule has 1 amide bonds. The van der Waals surface area contributed by atoms with E-state index in [-0.39, 0.29) is 5.76 Å². The molecule has 0 saturated heterocycles. The van der Waals surface area contributed by atoms with Crippen molar-refractivity contribution in [2.45, 2.75) is 6.92 Å². The normalized spacial score (nSPS) is 10.6. The quantitative estimate of drug-likeness (QED) is 0.713. The van der Waals surface area contributed by atoms with Crippen LogP contribution >= 0.6 is 0 Å². The van der Waals surface area contributed by atoms with Gasteiger partial charge in [0.25, 0.3) is 5.91 Å². The summed E-state index contributed by atoms with van der Waals surface area (Å²) in [5, 5.41) is 0.726. The molecule has 0 aliphatic carbocycles. The number of benzene rings is 1. The van der Waals surface area contributed by atoms with Gasteiger partial charge in [-0.2, -0.15) is 0 Å². The maximum atomic E-state index is 10.9. The Morgan fingerprint density at radius 3 is 2.79 bits per heavy atom. The van der Waals surface area contributed by atoms with E-state index in [9.17, 15) is 4.79 Å². The third-order valence-corrected chi connectivity index (χ3v) is 2.11. The molecule has 0 saturated carbocycles. The molecule has 4 heteroatoms. The molecule has 1 aromatic heterocycles. The first-order chi connectivity index (χ1) is 6.59. The minimum absolute atomic E-state index is 0.0330. The predicted molar refractivity (Wildman–Crippen MR) is 53.9 cm³/mol. The minimum Gasteiger partial charge on any atom is -0.449 e. The van der Waals surface area contributed by atoms with Crippen LogP contribution < -0.4 is 11.5 Å². The van der Waals surface area contributed by atoms with E-state index in [0.717, 1.165) is 10.9 Å². The maximum absolute atomic E-state index is 10.9. The van der Waals surface area contributed by atoms with Gasteiger partial charge in [0.1, 0.15) is 5.58 Å². The van der Waals surface area contributed by atoms with Crippen molar-refractivity contribution < 1.29 is 9.21 Å². The number of carbonyl (C=O) groups excluding carboxylic acids is 1. The topological polar surface area (TPSA) is 82.2 Å². The molecule has 72 valence electrons. The van der Waals surface area contributed by atoms with Crippen LogP contribution in [0, 0.1) is 6.92 Å². The zero-order valence-electron chi connectivity index (χ0n) is 7.70. The molecule has 1 heterocycles. The summed E-state index contributed by atoms with van der Waals surface area (Å²) in [4.78, 5) is 10.9. The first-order valence-electron chi connectivity index (χ1n) is 4.18. The summed E-state index contributed by atoms with van der Waals surface area (Å²) in [5.74, 6) is -0.609. The fourth-order valence-corrected chi connectivity index (χ4v) is 1.41. The number of aryl methyl sites for hydroxylation is 1. The molecular formula is C10H10N2O2. The van der Waals surface area contributed by atoms with Crippen LogP contribution in [0.4, 0.5) is 5.69 Å². The van der Waals surface area contributed by atoms with Gasteiger partial charge in [-0.25, -0.2) is 0 Å². The predicted octanol–water partition coefficient (Wildman–Crippen LogP) is 1.42. The molecule has 2 rings (SSSR count). The van der Waals surface area contributed by atoms with Crippen LogP contribution in [0.3, 0.4) is 0 Å². The Kier molecular flexibility index (Phi) is 1.70. The Morgan fingerprint density at radius 2 is 2.14 bits per heavy atom. The van der Waals surface area contributed by atoms with Gasteiger partial charge < -0.3 is 15.9 Å². The van der Waals surface area contributed by atoms with Gasteiger partial charge in [-0.15, -0.1) is 0 Å². The molecule has 0 aliphatic rings. The van der Waals surface area contributed by atoms with Gasteiger partial charge in [0.2, 0.25) is 5.76 Å². The van der Waals surface area contributed by atoms with E-state index in [2.05, 4.69) is 0 Å². The van der Waals surface area contributed by atoms with Crippen molar-refractivity contribution in [1.82, 2.24) is 0 Å². The number of fused-ring (bicyclic) bond motifs is 1. The van der Waals surface area contributed by atoms with Gasteiger partial charge in [0.15, 0.2) is 0 Å². The number of amides is 1. The lowest BCUT2D eigenvalue weighted by atomic mass is 10.1. The van der Waals surface area contributed by atoms with E-state index in [1.54, 1.807) is 0 Å². The highest BCUT2D eigenvalue weighted by molar-refractivity contribution is 6.04. The van der Waals surface area contributed by atoms with Gasteiger partial charge in [-0.3, -0.25) is 4.79 Å². The molecule has 2 aromatic rings. The Hall–Kier alpha value is -1.97. The van der Waals surface area contributed by atoms with Gasteiger partial charge in [-0.1, -0.05) is 6.07 Å². The largest absolute Gasteiger partial charge is 0.449 e.